The number of rotatable bonds is 4. The van der Waals surface area contributed by atoms with Crippen molar-refractivity contribution in [2.45, 2.75) is 19.3 Å². The maximum Gasteiger partial charge on any atom is 0.306 e. The van der Waals surface area contributed by atoms with Gasteiger partial charge < -0.3 is 4.74 Å². The zero-order valence-electron chi connectivity index (χ0n) is 9.14. The van der Waals surface area contributed by atoms with Gasteiger partial charge in [0.25, 0.3) is 0 Å². The van der Waals surface area contributed by atoms with Crippen LogP contribution in [0.15, 0.2) is 0 Å². The molecule has 0 aromatic rings. The van der Waals surface area contributed by atoms with Crippen molar-refractivity contribution in [2.75, 3.05) is 26.0 Å². The largest absolute Gasteiger partial charge is 0.469 e. The van der Waals surface area contributed by atoms with Crippen LogP contribution in [-0.2, 0) is 24.3 Å². The third-order valence-corrected chi connectivity index (χ3v) is 4.34. The number of piperidine rings is 1. The van der Waals surface area contributed by atoms with Crippen LogP contribution in [0.3, 0.4) is 0 Å². The molecule has 0 amide bonds. The first kappa shape index (κ1) is 13.1. The van der Waals surface area contributed by atoms with Gasteiger partial charge in [-0.3, -0.25) is 9.59 Å². The third kappa shape index (κ3) is 3.57. The number of Topliss-reactive ketones (excluding diaryl/α,β-unsaturated/α-hetero) is 1. The van der Waals surface area contributed by atoms with Crippen molar-refractivity contribution in [3.8, 4) is 0 Å². The van der Waals surface area contributed by atoms with E-state index in [0.29, 0.717) is 0 Å². The van der Waals surface area contributed by atoms with E-state index in [2.05, 4.69) is 4.74 Å². The van der Waals surface area contributed by atoms with Crippen LogP contribution in [0.25, 0.3) is 0 Å². The molecule has 1 aliphatic rings. The molecule has 0 aromatic carbocycles. The zero-order valence-corrected chi connectivity index (χ0v) is 9.96. The summed E-state index contributed by atoms with van der Waals surface area (Å²) in [6.45, 7) is 0.449. The minimum absolute atomic E-state index is 0.0828. The Labute approximate surface area is 94.6 Å². The standard InChI is InChI=1S/C9H15NO5S/c1-15-9(12)4-7-16(13,14)10-5-2-8(11)3-6-10/h2-7H2,1H3. The van der Waals surface area contributed by atoms with E-state index in [4.69, 9.17) is 0 Å². The van der Waals surface area contributed by atoms with E-state index in [1.54, 1.807) is 0 Å². The van der Waals surface area contributed by atoms with Gasteiger partial charge in [0.15, 0.2) is 0 Å². The summed E-state index contributed by atoms with van der Waals surface area (Å²) in [5, 5.41) is 0. The summed E-state index contributed by atoms with van der Waals surface area (Å²) in [6, 6.07) is 0. The topological polar surface area (TPSA) is 80.8 Å². The molecular weight excluding hydrogens is 234 g/mol. The number of ether oxygens (including phenoxy) is 1. The molecule has 0 radical (unpaired) electrons. The Balaban J connectivity index is 2.50. The molecule has 7 heteroatoms. The average Bonchev–Trinajstić information content (AvgIpc) is 2.26. The van der Waals surface area contributed by atoms with Gasteiger partial charge in [-0.15, -0.1) is 0 Å². The van der Waals surface area contributed by atoms with Crippen LogP contribution in [0.1, 0.15) is 19.3 Å². The van der Waals surface area contributed by atoms with Crippen molar-refractivity contribution >= 4 is 21.8 Å². The number of ketones is 1. The number of methoxy groups -OCH3 is 1. The lowest BCUT2D eigenvalue weighted by Gasteiger charge is -2.24. The molecule has 0 N–H and O–H groups in total. The van der Waals surface area contributed by atoms with Crippen LogP contribution in [0, 0.1) is 0 Å². The number of carbonyl (C=O) groups excluding carboxylic acids is 2. The first-order valence-corrected chi connectivity index (χ1v) is 6.63. The van der Waals surface area contributed by atoms with Crippen molar-refractivity contribution in [2.24, 2.45) is 0 Å². The molecular formula is C9H15NO5S. The van der Waals surface area contributed by atoms with E-state index >= 15 is 0 Å². The minimum Gasteiger partial charge on any atom is -0.469 e. The van der Waals surface area contributed by atoms with E-state index < -0.39 is 16.0 Å². The highest BCUT2D eigenvalue weighted by molar-refractivity contribution is 7.89. The van der Waals surface area contributed by atoms with Crippen molar-refractivity contribution < 1.29 is 22.7 Å². The fourth-order valence-corrected chi connectivity index (χ4v) is 2.88. The number of esters is 1. The third-order valence-electron chi connectivity index (χ3n) is 2.47. The number of carbonyl (C=O) groups is 2. The van der Waals surface area contributed by atoms with E-state index in [1.807, 2.05) is 0 Å². The Morgan fingerprint density at radius 2 is 1.94 bits per heavy atom. The second kappa shape index (κ2) is 5.40. The van der Waals surface area contributed by atoms with Crippen LogP contribution < -0.4 is 0 Å². The highest BCUT2D eigenvalue weighted by Crippen LogP contribution is 2.12. The van der Waals surface area contributed by atoms with Crippen molar-refractivity contribution in [3.63, 3.8) is 0 Å². The van der Waals surface area contributed by atoms with Gasteiger partial charge in [0.05, 0.1) is 19.3 Å². The first-order valence-electron chi connectivity index (χ1n) is 5.02. The second-order valence-electron chi connectivity index (χ2n) is 3.58. The van der Waals surface area contributed by atoms with Crippen LogP contribution in [0.4, 0.5) is 0 Å². The molecule has 1 saturated heterocycles. The van der Waals surface area contributed by atoms with E-state index in [9.17, 15) is 18.0 Å². The average molecular weight is 249 g/mol. The Hall–Kier alpha value is -0.950. The maximum atomic E-state index is 11.7. The van der Waals surface area contributed by atoms with Gasteiger partial charge >= 0.3 is 5.97 Å². The summed E-state index contributed by atoms with van der Waals surface area (Å²) in [7, 11) is -2.21. The van der Waals surface area contributed by atoms with Gasteiger partial charge in [-0.1, -0.05) is 0 Å². The van der Waals surface area contributed by atoms with Gasteiger partial charge in [0.2, 0.25) is 10.0 Å². The molecule has 0 spiro atoms. The predicted octanol–water partition coefficient (Wildman–Crippen LogP) is -0.456. The quantitative estimate of drug-likeness (QED) is 0.630. The number of nitrogens with zero attached hydrogens (tertiary/aromatic N) is 1. The Kier molecular flexibility index (Phi) is 4.43. The van der Waals surface area contributed by atoms with Crippen molar-refractivity contribution in [1.29, 1.82) is 0 Å². The number of sulfonamides is 1. The highest BCUT2D eigenvalue weighted by atomic mass is 32.2. The van der Waals surface area contributed by atoms with E-state index in [-0.39, 0.29) is 43.9 Å². The number of hydrogen-bond acceptors (Lipinski definition) is 5. The van der Waals surface area contributed by atoms with Gasteiger partial charge in [-0.25, -0.2) is 12.7 Å². The van der Waals surface area contributed by atoms with E-state index in [1.165, 1.54) is 11.4 Å². The zero-order chi connectivity index (χ0) is 12.2. The minimum atomic E-state index is -3.43. The molecule has 1 rings (SSSR count). The SMILES string of the molecule is COC(=O)CCS(=O)(=O)N1CCC(=O)CC1. The summed E-state index contributed by atoms with van der Waals surface area (Å²) in [5.74, 6) is -0.718. The Bertz CT molecular complexity index is 365. The molecule has 0 aromatic heterocycles. The molecule has 92 valence electrons. The van der Waals surface area contributed by atoms with Gasteiger partial charge in [-0.05, 0) is 0 Å². The van der Waals surface area contributed by atoms with Gasteiger partial charge in [-0.2, -0.15) is 0 Å². The van der Waals surface area contributed by atoms with Crippen LogP contribution >= 0.6 is 0 Å². The van der Waals surface area contributed by atoms with E-state index in [0.717, 1.165) is 0 Å². The molecule has 1 aliphatic heterocycles. The highest BCUT2D eigenvalue weighted by Gasteiger charge is 2.27. The molecule has 16 heavy (non-hydrogen) atoms. The molecule has 0 aliphatic carbocycles. The summed E-state index contributed by atoms with van der Waals surface area (Å²) in [6.07, 6.45) is 0.373. The summed E-state index contributed by atoms with van der Waals surface area (Å²) >= 11 is 0. The summed E-state index contributed by atoms with van der Waals surface area (Å²) in [4.78, 5) is 21.8. The molecule has 1 heterocycles. The lowest BCUT2D eigenvalue weighted by molar-refractivity contribution is -0.140. The first-order chi connectivity index (χ1) is 7.45. The summed E-state index contributed by atoms with van der Waals surface area (Å²) in [5.41, 5.74) is 0. The van der Waals surface area contributed by atoms with Crippen molar-refractivity contribution in [1.82, 2.24) is 4.31 Å². The second-order valence-corrected chi connectivity index (χ2v) is 5.67. The maximum absolute atomic E-state index is 11.7. The molecule has 1 fully saturated rings. The Morgan fingerprint density at radius 1 is 1.38 bits per heavy atom. The molecule has 6 nitrogen and oxygen atoms in total. The molecule has 0 saturated carbocycles. The summed E-state index contributed by atoms with van der Waals surface area (Å²) < 4.78 is 29.1. The lowest BCUT2D eigenvalue weighted by atomic mass is 10.1. The van der Waals surface area contributed by atoms with Crippen LogP contribution in [-0.4, -0.2) is 50.4 Å². The van der Waals surface area contributed by atoms with Gasteiger partial charge in [0.1, 0.15) is 5.78 Å². The molecule has 0 unspecified atom stereocenters. The predicted molar refractivity (Wildman–Crippen MR) is 56.2 cm³/mol. The number of hydrogen-bond donors (Lipinski definition) is 0. The fourth-order valence-electron chi connectivity index (χ4n) is 1.46. The molecule has 0 bridgehead atoms. The fraction of sp³-hybridized carbons (Fsp3) is 0.778. The monoisotopic (exact) mass is 249 g/mol. The molecule has 0 atom stereocenters. The van der Waals surface area contributed by atoms with Gasteiger partial charge in [0, 0.05) is 25.9 Å². The lowest BCUT2D eigenvalue weighted by Crippen LogP contribution is -2.40. The Morgan fingerprint density at radius 3 is 2.44 bits per heavy atom. The van der Waals surface area contributed by atoms with Crippen LogP contribution in [0.2, 0.25) is 0 Å². The smallest absolute Gasteiger partial charge is 0.306 e. The normalized spacial score (nSPS) is 18.4. The van der Waals surface area contributed by atoms with Crippen molar-refractivity contribution in [3.05, 3.63) is 0 Å². The van der Waals surface area contributed by atoms with Crippen LogP contribution in [0.5, 0.6) is 0 Å².